The summed E-state index contributed by atoms with van der Waals surface area (Å²) in [4.78, 5) is 2.68. The van der Waals surface area contributed by atoms with Gasteiger partial charge in [-0.2, -0.15) is 0 Å². The standard InChI is InChI=1S/C15H22N2O3S/c18-21(19,15-5-7-16-8-6-15)14-3-1-13(2-4-14)17-9-11-20-12-10-17/h1-4,15-16H,5-12H2. The van der Waals surface area contributed by atoms with Crippen molar-refractivity contribution < 1.29 is 13.2 Å². The summed E-state index contributed by atoms with van der Waals surface area (Å²) in [5, 5.41) is 2.96. The Morgan fingerprint density at radius 2 is 1.67 bits per heavy atom. The SMILES string of the molecule is O=S(=O)(c1ccc(N2CCOCC2)cc1)C1CCNCC1. The van der Waals surface area contributed by atoms with Gasteiger partial charge >= 0.3 is 0 Å². The van der Waals surface area contributed by atoms with Gasteiger partial charge in [0.25, 0.3) is 0 Å². The zero-order valence-corrected chi connectivity index (χ0v) is 12.9. The van der Waals surface area contributed by atoms with E-state index in [0.717, 1.165) is 45.1 Å². The molecule has 21 heavy (non-hydrogen) atoms. The first-order valence-electron chi connectivity index (χ1n) is 7.55. The lowest BCUT2D eigenvalue weighted by Crippen LogP contribution is -2.36. The van der Waals surface area contributed by atoms with Crippen molar-refractivity contribution >= 4 is 15.5 Å². The highest BCUT2D eigenvalue weighted by molar-refractivity contribution is 7.92. The van der Waals surface area contributed by atoms with Crippen LogP contribution in [0.5, 0.6) is 0 Å². The minimum atomic E-state index is -3.19. The summed E-state index contributed by atoms with van der Waals surface area (Å²) in [5.74, 6) is 0. The summed E-state index contributed by atoms with van der Waals surface area (Å²) < 4.78 is 30.6. The Balaban J connectivity index is 1.76. The predicted octanol–water partition coefficient (Wildman–Crippen LogP) is 1.05. The fourth-order valence-corrected chi connectivity index (χ4v) is 4.72. The monoisotopic (exact) mass is 310 g/mol. The molecule has 0 unspecified atom stereocenters. The second-order valence-corrected chi connectivity index (χ2v) is 7.82. The van der Waals surface area contributed by atoms with Crippen LogP contribution in [0.25, 0.3) is 0 Å². The predicted molar refractivity (Wildman–Crippen MR) is 82.6 cm³/mol. The number of rotatable bonds is 3. The third-order valence-corrected chi connectivity index (χ3v) is 6.54. The Morgan fingerprint density at radius 3 is 2.29 bits per heavy atom. The molecule has 1 N–H and O–H groups in total. The molecule has 2 aliphatic rings. The van der Waals surface area contributed by atoms with Crippen molar-refractivity contribution in [2.24, 2.45) is 0 Å². The number of hydrogen-bond donors (Lipinski definition) is 1. The lowest BCUT2D eigenvalue weighted by atomic mass is 10.2. The summed E-state index contributed by atoms with van der Waals surface area (Å²) in [6.07, 6.45) is 1.40. The number of benzene rings is 1. The van der Waals surface area contributed by atoms with E-state index in [-0.39, 0.29) is 5.25 Å². The van der Waals surface area contributed by atoms with Crippen molar-refractivity contribution in [2.75, 3.05) is 44.3 Å². The van der Waals surface area contributed by atoms with Gasteiger partial charge in [-0.05, 0) is 50.2 Å². The molecule has 5 nitrogen and oxygen atoms in total. The van der Waals surface area contributed by atoms with Crippen molar-refractivity contribution in [1.82, 2.24) is 5.32 Å². The molecule has 2 heterocycles. The van der Waals surface area contributed by atoms with Crippen molar-refractivity contribution in [3.8, 4) is 0 Å². The smallest absolute Gasteiger partial charge is 0.181 e. The second-order valence-electron chi connectivity index (χ2n) is 5.59. The van der Waals surface area contributed by atoms with Gasteiger partial charge in [0.05, 0.1) is 23.4 Å². The average Bonchev–Trinajstić information content (AvgIpc) is 2.57. The molecule has 0 aliphatic carbocycles. The number of morpholine rings is 1. The number of nitrogens with zero attached hydrogens (tertiary/aromatic N) is 1. The molecule has 1 aromatic carbocycles. The highest BCUT2D eigenvalue weighted by atomic mass is 32.2. The Labute approximate surface area is 126 Å². The first-order valence-corrected chi connectivity index (χ1v) is 9.10. The van der Waals surface area contributed by atoms with E-state index in [9.17, 15) is 8.42 Å². The normalized spacial score (nSPS) is 21.4. The third-order valence-electron chi connectivity index (χ3n) is 4.27. The van der Waals surface area contributed by atoms with Crippen LogP contribution < -0.4 is 10.2 Å². The molecule has 0 saturated carbocycles. The van der Waals surface area contributed by atoms with Crippen LogP contribution in [0.2, 0.25) is 0 Å². The highest BCUT2D eigenvalue weighted by Gasteiger charge is 2.28. The van der Waals surface area contributed by atoms with Crippen LogP contribution in [-0.4, -0.2) is 53.1 Å². The molecular formula is C15H22N2O3S. The Hall–Kier alpha value is -1.11. The third kappa shape index (κ3) is 3.22. The van der Waals surface area contributed by atoms with E-state index in [1.165, 1.54) is 0 Å². The Kier molecular flexibility index (Phi) is 4.47. The number of sulfone groups is 1. The van der Waals surface area contributed by atoms with Gasteiger partial charge in [-0.25, -0.2) is 8.42 Å². The highest BCUT2D eigenvalue weighted by Crippen LogP contribution is 2.25. The molecule has 3 rings (SSSR count). The summed E-state index contributed by atoms with van der Waals surface area (Å²) in [6.45, 7) is 4.76. The number of hydrogen-bond acceptors (Lipinski definition) is 5. The maximum Gasteiger partial charge on any atom is 0.181 e. The van der Waals surface area contributed by atoms with Crippen molar-refractivity contribution in [3.05, 3.63) is 24.3 Å². The number of piperidine rings is 1. The van der Waals surface area contributed by atoms with Gasteiger partial charge in [0.2, 0.25) is 0 Å². The van der Waals surface area contributed by atoms with Crippen molar-refractivity contribution in [2.45, 2.75) is 23.0 Å². The minimum Gasteiger partial charge on any atom is -0.378 e. The van der Waals surface area contributed by atoms with Crippen molar-refractivity contribution in [1.29, 1.82) is 0 Å². The van der Waals surface area contributed by atoms with Gasteiger partial charge < -0.3 is 15.0 Å². The Morgan fingerprint density at radius 1 is 1.05 bits per heavy atom. The fourth-order valence-electron chi connectivity index (χ4n) is 2.97. The van der Waals surface area contributed by atoms with Gasteiger partial charge in [-0.3, -0.25) is 0 Å². The van der Waals surface area contributed by atoms with Gasteiger partial charge in [0.1, 0.15) is 0 Å². The van der Waals surface area contributed by atoms with Crippen LogP contribution in [-0.2, 0) is 14.6 Å². The van der Waals surface area contributed by atoms with E-state index in [1.807, 2.05) is 12.1 Å². The minimum absolute atomic E-state index is 0.243. The van der Waals surface area contributed by atoms with E-state index >= 15 is 0 Å². The molecule has 2 saturated heterocycles. The Bertz CT molecular complexity index is 559. The second kappa shape index (κ2) is 6.34. The number of nitrogens with one attached hydrogen (secondary N) is 1. The van der Waals surface area contributed by atoms with E-state index in [1.54, 1.807) is 12.1 Å². The molecule has 1 aromatic rings. The van der Waals surface area contributed by atoms with Crippen LogP contribution in [0.3, 0.4) is 0 Å². The van der Waals surface area contributed by atoms with Crippen LogP contribution >= 0.6 is 0 Å². The van der Waals surface area contributed by atoms with Crippen LogP contribution in [0.15, 0.2) is 29.2 Å². The van der Waals surface area contributed by atoms with Gasteiger partial charge in [0, 0.05) is 18.8 Å². The zero-order valence-electron chi connectivity index (χ0n) is 12.1. The number of anilines is 1. The zero-order chi connectivity index (χ0) is 14.7. The lowest BCUT2D eigenvalue weighted by Gasteiger charge is -2.29. The molecule has 0 radical (unpaired) electrons. The molecule has 0 aromatic heterocycles. The first kappa shape index (κ1) is 14.8. The molecule has 0 atom stereocenters. The summed E-state index contributed by atoms with van der Waals surface area (Å²) in [5.41, 5.74) is 1.07. The van der Waals surface area contributed by atoms with E-state index in [4.69, 9.17) is 4.74 Å². The molecule has 2 aliphatic heterocycles. The summed E-state index contributed by atoms with van der Waals surface area (Å²) in [6, 6.07) is 7.34. The molecule has 116 valence electrons. The van der Waals surface area contributed by atoms with E-state index < -0.39 is 9.84 Å². The van der Waals surface area contributed by atoms with Gasteiger partial charge in [-0.15, -0.1) is 0 Å². The fraction of sp³-hybridized carbons (Fsp3) is 0.600. The first-order chi connectivity index (χ1) is 10.2. The molecule has 2 fully saturated rings. The topological polar surface area (TPSA) is 58.6 Å². The average molecular weight is 310 g/mol. The van der Waals surface area contributed by atoms with Gasteiger partial charge in [-0.1, -0.05) is 0 Å². The summed E-state index contributed by atoms with van der Waals surface area (Å²) in [7, 11) is -3.19. The maximum atomic E-state index is 12.6. The van der Waals surface area contributed by atoms with Crippen LogP contribution in [0.1, 0.15) is 12.8 Å². The van der Waals surface area contributed by atoms with Crippen LogP contribution in [0.4, 0.5) is 5.69 Å². The van der Waals surface area contributed by atoms with E-state index in [2.05, 4.69) is 10.2 Å². The number of ether oxygens (including phenoxy) is 1. The summed E-state index contributed by atoms with van der Waals surface area (Å²) >= 11 is 0. The van der Waals surface area contributed by atoms with Gasteiger partial charge in [0.15, 0.2) is 9.84 Å². The lowest BCUT2D eigenvalue weighted by molar-refractivity contribution is 0.122. The molecular weight excluding hydrogens is 288 g/mol. The molecule has 0 spiro atoms. The molecule has 0 amide bonds. The largest absolute Gasteiger partial charge is 0.378 e. The van der Waals surface area contributed by atoms with Crippen LogP contribution in [0, 0.1) is 0 Å². The van der Waals surface area contributed by atoms with E-state index in [0.29, 0.717) is 17.7 Å². The maximum absolute atomic E-state index is 12.6. The molecule has 6 heteroatoms. The molecule has 0 bridgehead atoms. The van der Waals surface area contributed by atoms with Crippen molar-refractivity contribution in [3.63, 3.8) is 0 Å². The quantitative estimate of drug-likeness (QED) is 0.904.